The Balaban J connectivity index is 2.71. The molecule has 0 heterocycles. The molecule has 0 saturated heterocycles. The molecule has 1 nitrogen and oxygen atoms in total. The van der Waals surface area contributed by atoms with Gasteiger partial charge in [-0.1, -0.05) is 42.0 Å². The van der Waals surface area contributed by atoms with E-state index in [4.69, 9.17) is 0 Å². The molecule has 1 aromatic rings. The summed E-state index contributed by atoms with van der Waals surface area (Å²) in [5, 5.41) is 0. The van der Waals surface area contributed by atoms with Crippen LogP contribution in [0.5, 0.6) is 0 Å². The summed E-state index contributed by atoms with van der Waals surface area (Å²) in [4.78, 5) is 10.7. The van der Waals surface area contributed by atoms with E-state index in [1.165, 1.54) is 0 Å². The summed E-state index contributed by atoms with van der Waals surface area (Å²) >= 11 is 0. The molecule has 0 fully saturated rings. The zero-order valence-corrected chi connectivity index (χ0v) is 7.95. The number of carbonyl (C=O) groups excluding carboxylic acids is 1. The second kappa shape index (κ2) is 4.61. The first-order chi connectivity index (χ1) is 6.18. The van der Waals surface area contributed by atoms with Crippen LogP contribution in [-0.2, 0) is 4.79 Å². The van der Waals surface area contributed by atoms with E-state index in [1.807, 2.05) is 43.3 Å². The second-order valence-electron chi connectivity index (χ2n) is 3.05. The molecule has 0 aliphatic rings. The van der Waals surface area contributed by atoms with Gasteiger partial charge >= 0.3 is 0 Å². The fourth-order valence-electron chi connectivity index (χ4n) is 1.17. The summed E-state index contributed by atoms with van der Waals surface area (Å²) in [6, 6.07) is 9.95. The van der Waals surface area contributed by atoms with Crippen molar-refractivity contribution < 1.29 is 4.79 Å². The van der Waals surface area contributed by atoms with Gasteiger partial charge in [0.1, 0.15) is 5.78 Å². The fraction of sp³-hybridized carbons (Fsp3) is 0.167. The Hall–Kier alpha value is -1.37. The third kappa shape index (κ3) is 3.70. The number of Topliss-reactive ketones (excluding diaryl/α,β-unsaturated/α-hetero) is 1. The van der Waals surface area contributed by atoms with Crippen LogP contribution < -0.4 is 0 Å². The van der Waals surface area contributed by atoms with Crippen LogP contribution >= 0.6 is 0 Å². The van der Waals surface area contributed by atoms with Crippen molar-refractivity contribution in [2.75, 3.05) is 0 Å². The summed E-state index contributed by atoms with van der Waals surface area (Å²) < 4.78 is 0. The van der Waals surface area contributed by atoms with Crippen molar-refractivity contribution in [1.82, 2.24) is 0 Å². The van der Waals surface area contributed by atoms with Crippen molar-refractivity contribution in [1.29, 1.82) is 0 Å². The Labute approximate surface area is 79.1 Å². The van der Waals surface area contributed by atoms with E-state index in [-0.39, 0.29) is 5.78 Å². The fourth-order valence-corrected chi connectivity index (χ4v) is 1.17. The standard InChI is InChI=1S/C12H13O/c1-10(8-11(2)13)9-12-6-4-3-5-7-12/h3-9H,1-2H3. The number of ketones is 1. The summed E-state index contributed by atoms with van der Waals surface area (Å²) in [6.45, 7) is 3.48. The average Bonchev–Trinajstić information content (AvgIpc) is 2.04. The number of benzene rings is 1. The van der Waals surface area contributed by atoms with Crippen LogP contribution in [0.15, 0.2) is 35.9 Å². The Morgan fingerprint density at radius 3 is 2.31 bits per heavy atom. The van der Waals surface area contributed by atoms with Gasteiger partial charge in [-0.25, -0.2) is 0 Å². The predicted molar refractivity (Wildman–Crippen MR) is 55.1 cm³/mol. The normalized spacial score (nSPS) is 11.4. The van der Waals surface area contributed by atoms with Crippen LogP contribution in [0.25, 0.3) is 6.08 Å². The summed E-state index contributed by atoms with van der Waals surface area (Å²) in [5.74, 6) is 0.0877. The molecule has 0 amide bonds. The maximum atomic E-state index is 10.7. The van der Waals surface area contributed by atoms with Gasteiger partial charge in [0, 0.05) is 0 Å². The number of carbonyl (C=O) groups is 1. The number of allylic oxidation sites excluding steroid dienone is 1. The highest BCUT2D eigenvalue weighted by molar-refractivity contribution is 5.89. The van der Waals surface area contributed by atoms with Gasteiger partial charge in [-0.3, -0.25) is 4.79 Å². The summed E-state index contributed by atoms with van der Waals surface area (Å²) in [7, 11) is 0. The minimum absolute atomic E-state index is 0.0877. The first-order valence-electron chi connectivity index (χ1n) is 4.27. The second-order valence-corrected chi connectivity index (χ2v) is 3.05. The van der Waals surface area contributed by atoms with Gasteiger partial charge in [-0.05, 0) is 19.4 Å². The minimum Gasteiger partial charge on any atom is -0.299 e. The van der Waals surface area contributed by atoms with E-state index in [9.17, 15) is 4.79 Å². The third-order valence-corrected chi connectivity index (χ3v) is 1.62. The van der Waals surface area contributed by atoms with Crippen LogP contribution in [0.1, 0.15) is 19.4 Å². The van der Waals surface area contributed by atoms with Crippen molar-refractivity contribution in [2.45, 2.75) is 13.8 Å². The molecular formula is C12H13O. The molecule has 0 bridgehead atoms. The lowest BCUT2D eigenvalue weighted by molar-refractivity contribution is -0.113. The van der Waals surface area contributed by atoms with E-state index in [0.717, 1.165) is 11.1 Å². The average molecular weight is 173 g/mol. The first-order valence-corrected chi connectivity index (χ1v) is 4.27. The molecule has 1 heteroatoms. The topological polar surface area (TPSA) is 17.1 Å². The molecule has 0 aromatic heterocycles. The van der Waals surface area contributed by atoms with E-state index in [0.29, 0.717) is 0 Å². The summed E-state index contributed by atoms with van der Waals surface area (Å²) in [6.07, 6.45) is 3.62. The highest BCUT2D eigenvalue weighted by Gasteiger charge is 1.95. The molecule has 0 aliphatic heterocycles. The largest absolute Gasteiger partial charge is 0.299 e. The zero-order valence-electron chi connectivity index (χ0n) is 7.95. The highest BCUT2D eigenvalue weighted by Crippen LogP contribution is 2.08. The van der Waals surface area contributed by atoms with E-state index in [2.05, 4.69) is 0 Å². The quantitative estimate of drug-likeness (QED) is 0.686. The molecule has 0 saturated carbocycles. The molecular weight excluding hydrogens is 160 g/mol. The first kappa shape index (κ1) is 9.72. The zero-order chi connectivity index (χ0) is 9.68. The van der Waals surface area contributed by atoms with Gasteiger partial charge in [-0.2, -0.15) is 0 Å². The highest BCUT2D eigenvalue weighted by atomic mass is 16.1. The van der Waals surface area contributed by atoms with Crippen molar-refractivity contribution >= 4 is 11.9 Å². The third-order valence-electron chi connectivity index (χ3n) is 1.62. The van der Waals surface area contributed by atoms with Crippen LogP contribution in [0.2, 0.25) is 0 Å². The molecule has 0 N–H and O–H groups in total. The van der Waals surface area contributed by atoms with Crippen LogP contribution in [0, 0.1) is 6.42 Å². The SMILES string of the molecule is CC(=O)[CH]C(C)=Cc1ccccc1. The van der Waals surface area contributed by atoms with Crippen LogP contribution in [0.3, 0.4) is 0 Å². The molecule has 13 heavy (non-hydrogen) atoms. The molecule has 1 radical (unpaired) electrons. The molecule has 0 spiro atoms. The maximum Gasteiger partial charge on any atom is 0.137 e. The van der Waals surface area contributed by atoms with Crippen molar-refractivity contribution in [2.24, 2.45) is 0 Å². The van der Waals surface area contributed by atoms with Crippen LogP contribution in [-0.4, -0.2) is 5.78 Å². The Kier molecular flexibility index (Phi) is 3.44. The smallest absolute Gasteiger partial charge is 0.137 e. The molecule has 0 unspecified atom stereocenters. The van der Waals surface area contributed by atoms with Crippen molar-refractivity contribution in [3.63, 3.8) is 0 Å². The van der Waals surface area contributed by atoms with Gasteiger partial charge in [0.05, 0.1) is 6.42 Å². The minimum atomic E-state index is 0.0877. The predicted octanol–water partition coefficient (Wildman–Crippen LogP) is 2.88. The van der Waals surface area contributed by atoms with Crippen molar-refractivity contribution in [3.8, 4) is 0 Å². The lowest BCUT2D eigenvalue weighted by Crippen LogP contribution is -1.91. The number of hydrogen-bond acceptors (Lipinski definition) is 1. The number of rotatable bonds is 3. The van der Waals surface area contributed by atoms with Gasteiger partial charge in [-0.15, -0.1) is 0 Å². The van der Waals surface area contributed by atoms with E-state index < -0.39 is 0 Å². The molecule has 1 rings (SSSR count). The Morgan fingerprint density at radius 2 is 1.77 bits per heavy atom. The monoisotopic (exact) mass is 173 g/mol. The maximum absolute atomic E-state index is 10.7. The van der Waals surface area contributed by atoms with E-state index in [1.54, 1.807) is 13.3 Å². The summed E-state index contributed by atoms with van der Waals surface area (Å²) in [5.41, 5.74) is 2.11. The molecule has 1 aromatic carbocycles. The molecule has 0 aliphatic carbocycles. The Morgan fingerprint density at radius 1 is 1.15 bits per heavy atom. The lowest BCUT2D eigenvalue weighted by Gasteiger charge is -1.96. The van der Waals surface area contributed by atoms with Crippen molar-refractivity contribution in [3.05, 3.63) is 47.9 Å². The Bertz CT molecular complexity index is 309. The van der Waals surface area contributed by atoms with Gasteiger partial charge < -0.3 is 0 Å². The number of hydrogen-bond donors (Lipinski definition) is 0. The van der Waals surface area contributed by atoms with E-state index >= 15 is 0 Å². The van der Waals surface area contributed by atoms with Gasteiger partial charge in [0.15, 0.2) is 0 Å². The van der Waals surface area contributed by atoms with Gasteiger partial charge in [0.2, 0.25) is 0 Å². The molecule has 0 atom stereocenters. The lowest BCUT2D eigenvalue weighted by atomic mass is 10.1. The molecule has 67 valence electrons. The van der Waals surface area contributed by atoms with Crippen LogP contribution in [0.4, 0.5) is 0 Å². The van der Waals surface area contributed by atoms with Gasteiger partial charge in [0.25, 0.3) is 0 Å².